The molecule has 0 radical (unpaired) electrons. The highest BCUT2D eigenvalue weighted by molar-refractivity contribution is 4.98. The summed E-state index contributed by atoms with van der Waals surface area (Å²) >= 11 is 0. The monoisotopic (exact) mass is 198 g/mol. The molecule has 0 aliphatic rings. The van der Waals surface area contributed by atoms with Crippen LogP contribution in [0.25, 0.3) is 0 Å². The predicted octanol–water partition coefficient (Wildman–Crippen LogP) is 2.36. The molecule has 1 N–H and O–H groups in total. The van der Waals surface area contributed by atoms with Gasteiger partial charge in [-0.3, -0.25) is 0 Å². The molecule has 0 fully saturated rings. The zero-order valence-electron chi connectivity index (χ0n) is 9.22. The summed E-state index contributed by atoms with van der Waals surface area (Å²) in [5, 5.41) is 8.36. The van der Waals surface area contributed by atoms with E-state index in [1.807, 2.05) is 0 Å². The summed E-state index contributed by atoms with van der Waals surface area (Å²) < 4.78 is 5.26. The zero-order chi connectivity index (χ0) is 10.5. The Morgan fingerprint density at radius 2 is 1.71 bits per heavy atom. The molecule has 0 aromatic carbocycles. The first-order chi connectivity index (χ1) is 6.91. The van der Waals surface area contributed by atoms with Gasteiger partial charge in [0.2, 0.25) is 0 Å². The number of ether oxygens (including phenoxy) is 1. The van der Waals surface area contributed by atoms with E-state index in [1.165, 1.54) is 32.1 Å². The summed E-state index contributed by atoms with van der Waals surface area (Å²) in [5.41, 5.74) is 0. The van der Waals surface area contributed by atoms with Crippen molar-refractivity contribution in [1.82, 2.24) is 0 Å². The maximum atomic E-state index is 8.36. The van der Waals surface area contributed by atoms with E-state index in [9.17, 15) is 0 Å². The molecule has 0 aromatic heterocycles. The Balaban J connectivity index is 2.92. The molecule has 0 saturated carbocycles. The molecule has 14 heavy (non-hydrogen) atoms. The summed E-state index contributed by atoms with van der Waals surface area (Å²) in [4.78, 5) is 0. The molecule has 0 heterocycles. The van der Waals surface area contributed by atoms with Crippen LogP contribution in [0.4, 0.5) is 0 Å². The van der Waals surface area contributed by atoms with E-state index in [-0.39, 0.29) is 6.61 Å². The summed E-state index contributed by atoms with van der Waals surface area (Å²) in [6.45, 7) is 3.41. The fourth-order valence-corrected chi connectivity index (χ4v) is 1.21. The lowest BCUT2D eigenvalue weighted by Gasteiger charge is -2.00. The van der Waals surface area contributed by atoms with Crippen molar-refractivity contribution in [3.63, 3.8) is 0 Å². The van der Waals surface area contributed by atoms with E-state index in [0.717, 1.165) is 13.0 Å². The Kier molecular flexibility index (Phi) is 12.0. The molecule has 0 amide bonds. The second-order valence-electron chi connectivity index (χ2n) is 3.33. The van der Waals surface area contributed by atoms with Crippen LogP contribution in [0.1, 0.15) is 45.4 Å². The molecule has 0 spiro atoms. The Morgan fingerprint density at radius 3 is 2.43 bits per heavy atom. The van der Waals surface area contributed by atoms with Gasteiger partial charge in [0.15, 0.2) is 0 Å². The second kappa shape index (κ2) is 12.5. The smallest absolute Gasteiger partial charge is 0.107 e. The van der Waals surface area contributed by atoms with Gasteiger partial charge in [0.05, 0.1) is 0 Å². The molecule has 0 atom stereocenters. The quantitative estimate of drug-likeness (QED) is 0.479. The van der Waals surface area contributed by atoms with E-state index in [2.05, 4.69) is 18.8 Å². The minimum atomic E-state index is -0.0691. The molecule has 0 unspecified atom stereocenters. The number of rotatable bonds is 8. The summed E-state index contributed by atoms with van der Waals surface area (Å²) in [5.74, 6) is 5.27. The maximum absolute atomic E-state index is 8.36. The van der Waals surface area contributed by atoms with Gasteiger partial charge in [-0.05, 0) is 6.42 Å². The highest BCUT2D eigenvalue weighted by Gasteiger charge is 1.89. The van der Waals surface area contributed by atoms with Gasteiger partial charge in [0.25, 0.3) is 0 Å². The first-order valence-electron chi connectivity index (χ1n) is 5.56. The van der Waals surface area contributed by atoms with Crippen LogP contribution in [-0.2, 0) is 4.74 Å². The molecule has 82 valence electrons. The van der Waals surface area contributed by atoms with Gasteiger partial charge < -0.3 is 9.84 Å². The van der Waals surface area contributed by atoms with Crippen LogP contribution in [0.2, 0.25) is 0 Å². The predicted molar refractivity (Wildman–Crippen MR) is 59.1 cm³/mol. The van der Waals surface area contributed by atoms with Gasteiger partial charge in [-0.2, -0.15) is 0 Å². The average Bonchev–Trinajstić information content (AvgIpc) is 2.21. The largest absolute Gasteiger partial charge is 0.384 e. The van der Waals surface area contributed by atoms with E-state index in [4.69, 9.17) is 9.84 Å². The standard InChI is InChI=1S/C12H22O2/c1-2-3-4-5-6-8-11-14-12-9-7-10-13/h13H,2-6,8,10-12H2,1H3. The number of hydrogen-bond donors (Lipinski definition) is 1. The molecule has 0 aliphatic carbocycles. The van der Waals surface area contributed by atoms with E-state index in [1.54, 1.807) is 0 Å². The Labute approximate surface area is 87.7 Å². The molecule has 0 bridgehead atoms. The van der Waals surface area contributed by atoms with Crippen molar-refractivity contribution in [2.75, 3.05) is 19.8 Å². The lowest BCUT2D eigenvalue weighted by atomic mass is 10.1. The SMILES string of the molecule is CCCCCCCCOCC#CCO. The van der Waals surface area contributed by atoms with E-state index >= 15 is 0 Å². The molecular formula is C12H22O2. The molecule has 0 rings (SSSR count). The first kappa shape index (κ1) is 13.5. The Bertz CT molecular complexity index is 155. The lowest BCUT2D eigenvalue weighted by molar-refractivity contribution is 0.161. The number of aliphatic hydroxyl groups is 1. The Hall–Kier alpha value is -0.520. The van der Waals surface area contributed by atoms with Crippen LogP contribution in [0, 0.1) is 11.8 Å². The van der Waals surface area contributed by atoms with Crippen LogP contribution in [0.3, 0.4) is 0 Å². The van der Waals surface area contributed by atoms with Gasteiger partial charge in [0, 0.05) is 6.61 Å². The minimum Gasteiger partial charge on any atom is -0.384 e. The highest BCUT2D eigenvalue weighted by Crippen LogP contribution is 2.04. The third-order valence-corrected chi connectivity index (χ3v) is 2.02. The second-order valence-corrected chi connectivity index (χ2v) is 3.33. The summed E-state index contributed by atoms with van der Waals surface area (Å²) in [7, 11) is 0. The van der Waals surface area contributed by atoms with E-state index < -0.39 is 0 Å². The van der Waals surface area contributed by atoms with Gasteiger partial charge in [-0.15, -0.1) is 0 Å². The highest BCUT2D eigenvalue weighted by atomic mass is 16.5. The van der Waals surface area contributed by atoms with Gasteiger partial charge in [-0.25, -0.2) is 0 Å². The van der Waals surface area contributed by atoms with Crippen LogP contribution >= 0.6 is 0 Å². The molecule has 0 saturated heterocycles. The number of aliphatic hydroxyl groups excluding tert-OH is 1. The third-order valence-electron chi connectivity index (χ3n) is 2.02. The van der Waals surface area contributed by atoms with Crippen molar-refractivity contribution >= 4 is 0 Å². The first-order valence-corrected chi connectivity index (χ1v) is 5.56. The maximum Gasteiger partial charge on any atom is 0.107 e. The zero-order valence-corrected chi connectivity index (χ0v) is 9.22. The van der Waals surface area contributed by atoms with Crippen molar-refractivity contribution in [3.8, 4) is 11.8 Å². The van der Waals surface area contributed by atoms with Crippen LogP contribution in [-0.4, -0.2) is 24.9 Å². The number of hydrogen-bond acceptors (Lipinski definition) is 2. The van der Waals surface area contributed by atoms with Crippen LogP contribution < -0.4 is 0 Å². The molecule has 2 heteroatoms. The molecular weight excluding hydrogens is 176 g/mol. The van der Waals surface area contributed by atoms with Crippen LogP contribution in [0.15, 0.2) is 0 Å². The average molecular weight is 198 g/mol. The summed E-state index contributed by atoms with van der Waals surface area (Å²) in [6.07, 6.45) is 7.70. The van der Waals surface area contributed by atoms with Crippen molar-refractivity contribution in [1.29, 1.82) is 0 Å². The molecule has 0 aliphatic heterocycles. The number of unbranched alkanes of at least 4 members (excludes halogenated alkanes) is 5. The van der Waals surface area contributed by atoms with Crippen molar-refractivity contribution in [2.45, 2.75) is 45.4 Å². The van der Waals surface area contributed by atoms with Crippen molar-refractivity contribution < 1.29 is 9.84 Å². The third kappa shape index (κ3) is 11.5. The minimum absolute atomic E-state index is 0.0691. The summed E-state index contributed by atoms with van der Waals surface area (Å²) in [6, 6.07) is 0. The lowest BCUT2D eigenvalue weighted by Crippen LogP contribution is -1.95. The van der Waals surface area contributed by atoms with Crippen molar-refractivity contribution in [2.24, 2.45) is 0 Å². The fraction of sp³-hybridized carbons (Fsp3) is 0.833. The normalized spacial score (nSPS) is 9.57. The van der Waals surface area contributed by atoms with Crippen LogP contribution in [0.5, 0.6) is 0 Å². The molecule has 0 aromatic rings. The van der Waals surface area contributed by atoms with E-state index in [0.29, 0.717) is 6.61 Å². The van der Waals surface area contributed by atoms with Crippen molar-refractivity contribution in [3.05, 3.63) is 0 Å². The Morgan fingerprint density at radius 1 is 1.00 bits per heavy atom. The van der Waals surface area contributed by atoms with Gasteiger partial charge in [0.1, 0.15) is 13.2 Å². The fourth-order valence-electron chi connectivity index (χ4n) is 1.21. The topological polar surface area (TPSA) is 29.5 Å². The molecule has 2 nitrogen and oxygen atoms in total. The van der Waals surface area contributed by atoms with Gasteiger partial charge in [-0.1, -0.05) is 50.9 Å². The van der Waals surface area contributed by atoms with Gasteiger partial charge >= 0.3 is 0 Å².